The topological polar surface area (TPSA) is 18.5 Å². The monoisotopic (exact) mass is 154 g/mol. The van der Waals surface area contributed by atoms with E-state index in [0.717, 1.165) is 11.5 Å². The summed E-state index contributed by atoms with van der Waals surface area (Å²) in [6.07, 6.45) is 0. The molecule has 0 amide bonds. The average molecular weight is 154 g/mol. The Bertz CT molecular complexity index is 185. The summed E-state index contributed by atoms with van der Waals surface area (Å²) in [5, 5.41) is 0. The lowest BCUT2D eigenvalue weighted by molar-refractivity contribution is 0.355. The second kappa shape index (κ2) is 4.61. The lowest BCUT2D eigenvalue weighted by Gasteiger charge is -2.04. The van der Waals surface area contributed by atoms with Crippen molar-refractivity contribution < 1.29 is 9.47 Å². The molecule has 0 aliphatic heterocycles. The van der Waals surface area contributed by atoms with Gasteiger partial charge in [0, 0.05) is 0 Å². The smallest absolute Gasteiger partial charge is 0.160 e. The highest BCUT2D eigenvalue weighted by Gasteiger charge is 1.97. The summed E-state index contributed by atoms with van der Waals surface area (Å²) in [6.45, 7) is 0. The predicted octanol–water partition coefficient (Wildman–Crippen LogP) is 2.34. The maximum absolute atomic E-state index is 5.01. The Morgan fingerprint density at radius 1 is 0.909 bits per heavy atom. The van der Waals surface area contributed by atoms with E-state index in [0.29, 0.717) is 0 Å². The van der Waals surface area contributed by atoms with Crippen LogP contribution in [0.15, 0.2) is 24.3 Å². The van der Waals surface area contributed by atoms with Crippen LogP contribution in [0.3, 0.4) is 0 Å². The quantitative estimate of drug-likeness (QED) is 0.651. The summed E-state index contributed by atoms with van der Waals surface area (Å²) in [7, 11) is 3.25. The summed E-state index contributed by atoms with van der Waals surface area (Å²) < 4.78 is 10.0. The van der Waals surface area contributed by atoms with Crippen molar-refractivity contribution in [1.29, 1.82) is 0 Å². The van der Waals surface area contributed by atoms with Gasteiger partial charge in [0.25, 0.3) is 0 Å². The van der Waals surface area contributed by atoms with Gasteiger partial charge < -0.3 is 9.47 Å². The second-order valence-electron chi connectivity index (χ2n) is 1.85. The van der Waals surface area contributed by atoms with Gasteiger partial charge in [0.2, 0.25) is 0 Å². The molecule has 0 saturated carbocycles. The van der Waals surface area contributed by atoms with Gasteiger partial charge in [0.15, 0.2) is 11.5 Å². The molecule has 0 heterocycles. The van der Waals surface area contributed by atoms with Crippen molar-refractivity contribution in [3.8, 4) is 11.5 Å². The molecule has 2 nitrogen and oxygen atoms in total. The van der Waals surface area contributed by atoms with E-state index in [2.05, 4.69) is 0 Å². The average Bonchev–Trinajstić information content (AvgIpc) is 2.04. The van der Waals surface area contributed by atoms with Crippen LogP contribution in [-0.4, -0.2) is 14.2 Å². The normalized spacial score (nSPS) is 8.18. The molecule has 0 aromatic heterocycles. The summed E-state index contributed by atoms with van der Waals surface area (Å²) in [4.78, 5) is 0. The Balaban J connectivity index is 0.000001000. The molecule has 0 fully saturated rings. The highest BCUT2D eigenvalue weighted by molar-refractivity contribution is 5.38. The molecule has 11 heavy (non-hydrogen) atoms. The summed E-state index contributed by atoms with van der Waals surface area (Å²) >= 11 is 0. The molecule has 1 aromatic carbocycles. The van der Waals surface area contributed by atoms with Gasteiger partial charge in [-0.2, -0.15) is 0 Å². The van der Waals surface area contributed by atoms with E-state index < -0.39 is 0 Å². The fourth-order valence-electron chi connectivity index (χ4n) is 0.787. The maximum Gasteiger partial charge on any atom is 0.160 e. The van der Waals surface area contributed by atoms with Gasteiger partial charge in [-0.3, -0.25) is 0 Å². The molecule has 0 aliphatic rings. The van der Waals surface area contributed by atoms with Gasteiger partial charge in [0.1, 0.15) is 0 Å². The fourth-order valence-corrected chi connectivity index (χ4v) is 0.787. The van der Waals surface area contributed by atoms with E-state index in [-0.39, 0.29) is 7.43 Å². The lowest BCUT2D eigenvalue weighted by Crippen LogP contribution is -1.88. The summed E-state index contributed by atoms with van der Waals surface area (Å²) in [6, 6.07) is 7.53. The van der Waals surface area contributed by atoms with Crippen LogP contribution >= 0.6 is 0 Å². The van der Waals surface area contributed by atoms with E-state index in [9.17, 15) is 0 Å². The van der Waals surface area contributed by atoms with Crippen LogP contribution in [-0.2, 0) is 0 Å². The Kier molecular flexibility index (Phi) is 4.11. The van der Waals surface area contributed by atoms with Gasteiger partial charge in [-0.05, 0) is 12.1 Å². The molecular formula is C9H14O2. The molecule has 0 aliphatic carbocycles. The number of benzene rings is 1. The zero-order valence-electron chi connectivity index (χ0n) is 6.13. The van der Waals surface area contributed by atoms with Gasteiger partial charge in [-0.15, -0.1) is 0 Å². The first kappa shape index (κ1) is 9.82. The third-order valence-electron chi connectivity index (χ3n) is 1.29. The van der Waals surface area contributed by atoms with Crippen molar-refractivity contribution >= 4 is 0 Å². The van der Waals surface area contributed by atoms with Crippen LogP contribution in [0.2, 0.25) is 0 Å². The Hall–Kier alpha value is -1.18. The minimum absolute atomic E-state index is 0. The number of hydrogen-bond acceptors (Lipinski definition) is 2. The zero-order valence-corrected chi connectivity index (χ0v) is 6.13. The van der Waals surface area contributed by atoms with Gasteiger partial charge >= 0.3 is 0 Å². The Morgan fingerprint density at radius 3 is 1.55 bits per heavy atom. The van der Waals surface area contributed by atoms with Crippen molar-refractivity contribution in [2.24, 2.45) is 0 Å². The van der Waals surface area contributed by atoms with Crippen LogP contribution < -0.4 is 9.47 Å². The molecule has 0 radical (unpaired) electrons. The number of hydrogen-bond donors (Lipinski definition) is 0. The van der Waals surface area contributed by atoms with Crippen LogP contribution in [0, 0.1) is 0 Å². The first-order chi connectivity index (χ1) is 4.88. The van der Waals surface area contributed by atoms with E-state index in [1.54, 1.807) is 14.2 Å². The maximum atomic E-state index is 5.01. The molecule has 0 atom stereocenters. The number of ether oxygens (including phenoxy) is 2. The first-order valence-electron chi connectivity index (χ1n) is 3.05. The molecule has 62 valence electrons. The number of rotatable bonds is 2. The molecular weight excluding hydrogens is 140 g/mol. The Morgan fingerprint density at radius 2 is 1.27 bits per heavy atom. The summed E-state index contributed by atoms with van der Waals surface area (Å²) in [5.74, 6) is 1.54. The third-order valence-corrected chi connectivity index (χ3v) is 1.29. The molecule has 0 saturated heterocycles. The van der Waals surface area contributed by atoms with Gasteiger partial charge in [-0.25, -0.2) is 0 Å². The minimum Gasteiger partial charge on any atom is -0.493 e. The van der Waals surface area contributed by atoms with Crippen LogP contribution in [0.4, 0.5) is 0 Å². The van der Waals surface area contributed by atoms with Crippen molar-refractivity contribution in [3.05, 3.63) is 24.3 Å². The van der Waals surface area contributed by atoms with Crippen LogP contribution in [0.1, 0.15) is 7.43 Å². The number of para-hydroxylation sites is 2. The molecule has 0 bridgehead atoms. The van der Waals surface area contributed by atoms with Crippen molar-refractivity contribution in [1.82, 2.24) is 0 Å². The molecule has 0 spiro atoms. The molecule has 0 unspecified atom stereocenters. The summed E-state index contributed by atoms with van der Waals surface area (Å²) in [5.41, 5.74) is 0. The highest BCUT2D eigenvalue weighted by Crippen LogP contribution is 2.24. The standard InChI is InChI=1S/C8H10O2.CH4/c1-9-7-5-3-4-6-8(7)10-2;/h3-6H,1-2H3;1H4. The fraction of sp³-hybridized carbons (Fsp3) is 0.333. The molecule has 2 heteroatoms. The van der Waals surface area contributed by atoms with Gasteiger partial charge in [0.05, 0.1) is 14.2 Å². The molecule has 1 aromatic rings. The largest absolute Gasteiger partial charge is 0.493 e. The van der Waals surface area contributed by atoms with E-state index in [1.165, 1.54) is 0 Å². The SMILES string of the molecule is C.COc1ccccc1OC. The van der Waals surface area contributed by atoms with Gasteiger partial charge in [-0.1, -0.05) is 19.6 Å². The highest BCUT2D eigenvalue weighted by atomic mass is 16.5. The van der Waals surface area contributed by atoms with Crippen molar-refractivity contribution in [2.75, 3.05) is 14.2 Å². The predicted molar refractivity (Wildman–Crippen MR) is 46.3 cm³/mol. The van der Waals surface area contributed by atoms with E-state index in [1.807, 2.05) is 24.3 Å². The van der Waals surface area contributed by atoms with Crippen molar-refractivity contribution in [2.45, 2.75) is 7.43 Å². The second-order valence-corrected chi connectivity index (χ2v) is 1.85. The van der Waals surface area contributed by atoms with Crippen molar-refractivity contribution in [3.63, 3.8) is 0 Å². The minimum atomic E-state index is 0. The zero-order chi connectivity index (χ0) is 7.40. The Labute approximate surface area is 67.8 Å². The number of methoxy groups -OCH3 is 2. The molecule has 1 rings (SSSR count). The van der Waals surface area contributed by atoms with E-state index >= 15 is 0 Å². The molecule has 0 N–H and O–H groups in total. The van der Waals surface area contributed by atoms with E-state index in [4.69, 9.17) is 9.47 Å². The lowest BCUT2D eigenvalue weighted by atomic mass is 10.3. The van der Waals surface area contributed by atoms with Crippen LogP contribution in [0.5, 0.6) is 11.5 Å². The third kappa shape index (κ3) is 2.15. The first-order valence-corrected chi connectivity index (χ1v) is 3.05. The van der Waals surface area contributed by atoms with Crippen LogP contribution in [0.25, 0.3) is 0 Å².